The van der Waals surface area contributed by atoms with Crippen molar-refractivity contribution in [1.82, 2.24) is 4.67 Å². The maximum Gasteiger partial charge on any atom is 0.264 e. The molecule has 1 heterocycles. The van der Waals surface area contributed by atoms with Crippen LogP contribution in [-0.4, -0.2) is 30.0 Å². The SMILES string of the molecule is CCO[P@]1(=S)OCCN1C(C)(C)C. The molecule has 1 atom stereocenters. The van der Waals surface area contributed by atoms with Crippen LogP contribution < -0.4 is 0 Å². The molecule has 0 aliphatic carbocycles. The Morgan fingerprint density at radius 2 is 2.15 bits per heavy atom. The van der Waals surface area contributed by atoms with Crippen LogP contribution in [0.2, 0.25) is 0 Å². The molecule has 78 valence electrons. The van der Waals surface area contributed by atoms with E-state index in [0.717, 1.165) is 6.54 Å². The van der Waals surface area contributed by atoms with Crippen molar-refractivity contribution in [3.63, 3.8) is 0 Å². The second-order valence-corrected chi connectivity index (χ2v) is 7.33. The van der Waals surface area contributed by atoms with Gasteiger partial charge < -0.3 is 9.05 Å². The Balaban J connectivity index is 2.80. The summed E-state index contributed by atoms with van der Waals surface area (Å²) in [7, 11) is 0. The molecule has 0 radical (unpaired) electrons. The van der Waals surface area contributed by atoms with Crippen LogP contribution >= 0.6 is 6.64 Å². The normalized spacial score (nSPS) is 31.1. The van der Waals surface area contributed by atoms with Crippen molar-refractivity contribution in [2.24, 2.45) is 0 Å². The average molecular weight is 223 g/mol. The van der Waals surface area contributed by atoms with Crippen molar-refractivity contribution in [3.05, 3.63) is 0 Å². The first kappa shape index (κ1) is 11.6. The lowest BCUT2D eigenvalue weighted by atomic mass is 10.1. The minimum atomic E-state index is -2.14. The zero-order valence-corrected chi connectivity index (χ0v) is 10.5. The van der Waals surface area contributed by atoms with Gasteiger partial charge in [0, 0.05) is 12.1 Å². The summed E-state index contributed by atoms with van der Waals surface area (Å²) in [5.74, 6) is 0. The molecule has 1 saturated heterocycles. The number of rotatable bonds is 2. The fraction of sp³-hybridized carbons (Fsp3) is 1.00. The first-order valence-electron chi connectivity index (χ1n) is 4.57. The topological polar surface area (TPSA) is 21.7 Å². The summed E-state index contributed by atoms with van der Waals surface area (Å²) >= 11 is 5.43. The molecular weight excluding hydrogens is 205 g/mol. The Hall–Kier alpha value is 0.530. The van der Waals surface area contributed by atoms with E-state index < -0.39 is 6.64 Å². The Morgan fingerprint density at radius 1 is 1.54 bits per heavy atom. The molecule has 0 spiro atoms. The predicted octanol–water partition coefficient (Wildman–Crippen LogP) is 2.38. The molecule has 0 N–H and O–H groups in total. The fourth-order valence-corrected chi connectivity index (χ4v) is 4.98. The van der Waals surface area contributed by atoms with Crippen LogP contribution in [0.3, 0.4) is 0 Å². The number of hydrogen-bond donors (Lipinski definition) is 0. The summed E-state index contributed by atoms with van der Waals surface area (Å²) in [6, 6.07) is 0. The third kappa shape index (κ3) is 2.51. The molecule has 0 bridgehead atoms. The van der Waals surface area contributed by atoms with Gasteiger partial charge >= 0.3 is 0 Å². The van der Waals surface area contributed by atoms with Gasteiger partial charge in [-0.3, -0.25) is 0 Å². The highest BCUT2D eigenvalue weighted by atomic mass is 32.5. The quantitative estimate of drug-likeness (QED) is 0.670. The van der Waals surface area contributed by atoms with Crippen LogP contribution in [0.15, 0.2) is 0 Å². The van der Waals surface area contributed by atoms with Crippen molar-refractivity contribution in [3.8, 4) is 0 Å². The van der Waals surface area contributed by atoms with Crippen molar-refractivity contribution in [2.45, 2.75) is 33.2 Å². The second kappa shape index (κ2) is 3.95. The Morgan fingerprint density at radius 3 is 2.62 bits per heavy atom. The summed E-state index contributed by atoms with van der Waals surface area (Å²) < 4.78 is 13.3. The molecule has 3 nitrogen and oxygen atoms in total. The fourth-order valence-electron chi connectivity index (χ4n) is 1.41. The minimum Gasteiger partial charge on any atom is -0.318 e. The van der Waals surface area contributed by atoms with E-state index in [9.17, 15) is 0 Å². The Labute approximate surface area is 85.6 Å². The van der Waals surface area contributed by atoms with Gasteiger partial charge in [0.1, 0.15) is 0 Å². The van der Waals surface area contributed by atoms with E-state index >= 15 is 0 Å². The van der Waals surface area contributed by atoms with Gasteiger partial charge in [0.15, 0.2) is 0 Å². The van der Waals surface area contributed by atoms with E-state index in [1.807, 2.05) is 6.92 Å². The van der Waals surface area contributed by atoms with Gasteiger partial charge in [-0.15, -0.1) is 0 Å². The van der Waals surface area contributed by atoms with Crippen LogP contribution in [0.4, 0.5) is 0 Å². The lowest BCUT2D eigenvalue weighted by Gasteiger charge is -2.36. The van der Waals surface area contributed by atoms with Gasteiger partial charge in [-0.05, 0) is 39.5 Å². The van der Waals surface area contributed by atoms with Gasteiger partial charge in [0.05, 0.1) is 13.2 Å². The third-order valence-electron chi connectivity index (χ3n) is 1.92. The summed E-state index contributed by atoms with van der Waals surface area (Å²) in [5, 5.41) is 0. The third-order valence-corrected chi connectivity index (χ3v) is 5.63. The van der Waals surface area contributed by atoms with Crippen molar-refractivity contribution >= 4 is 18.4 Å². The largest absolute Gasteiger partial charge is 0.318 e. The minimum absolute atomic E-state index is 0.0429. The Kier molecular flexibility index (Phi) is 3.53. The van der Waals surface area contributed by atoms with Gasteiger partial charge in [-0.2, -0.15) is 0 Å². The van der Waals surface area contributed by atoms with Gasteiger partial charge in [0.2, 0.25) is 0 Å². The van der Waals surface area contributed by atoms with E-state index in [1.54, 1.807) is 0 Å². The molecule has 0 aromatic rings. The summed E-state index contributed by atoms with van der Waals surface area (Å²) in [4.78, 5) is 0. The highest BCUT2D eigenvalue weighted by molar-refractivity contribution is 8.08. The van der Waals surface area contributed by atoms with Crippen LogP contribution in [0.25, 0.3) is 0 Å². The molecule has 1 rings (SSSR count). The molecule has 0 aromatic carbocycles. The number of hydrogen-bond acceptors (Lipinski definition) is 3. The molecule has 0 aromatic heterocycles. The Bertz CT molecular complexity index is 227. The predicted molar refractivity (Wildman–Crippen MR) is 58.3 cm³/mol. The molecule has 0 unspecified atom stereocenters. The first-order valence-corrected chi connectivity index (χ1v) is 7.16. The first-order chi connectivity index (χ1) is 5.90. The second-order valence-electron chi connectivity index (χ2n) is 4.01. The van der Waals surface area contributed by atoms with Crippen molar-refractivity contribution < 1.29 is 9.05 Å². The monoisotopic (exact) mass is 223 g/mol. The maximum atomic E-state index is 5.56. The summed E-state index contributed by atoms with van der Waals surface area (Å²) in [6.07, 6.45) is 0. The lowest BCUT2D eigenvalue weighted by molar-refractivity contribution is 0.233. The summed E-state index contributed by atoms with van der Waals surface area (Å²) in [5.41, 5.74) is 0.0429. The average Bonchev–Trinajstić information content (AvgIpc) is 2.30. The molecule has 1 aliphatic rings. The summed E-state index contributed by atoms with van der Waals surface area (Å²) in [6.45, 7) is 8.46. The van der Waals surface area contributed by atoms with Gasteiger partial charge in [0.25, 0.3) is 6.64 Å². The highest BCUT2D eigenvalue weighted by Gasteiger charge is 2.40. The molecule has 0 saturated carbocycles. The molecule has 0 amide bonds. The molecule has 1 fully saturated rings. The lowest BCUT2D eigenvalue weighted by Crippen LogP contribution is -2.36. The van der Waals surface area contributed by atoms with Gasteiger partial charge in [-0.25, -0.2) is 4.67 Å². The molecule has 5 heteroatoms. The van der Waals surface area contributed by atoms with E-state index in [0.29, 0.717) is 13.2 Å². The van der Waals surface area contributed by atoms with Crippen LogP contribution in [0, 0.1) is 0 Å². The highest BCUT2D eigenvalue weighted by Crippen LogP contribution is 2.58. The van der Waals surface area contributed by atoms with E-state index in [4.69, 9.17) is 20.9 Å². The smallest absolute Gasteiger partial charge is 0.264 e. The van der Waals surface area contributed by atoms with Crippen LogP contribution in [0.1, 0.15) is 27.7 Å². The molecule has 13 heavy (non-hydrogen) atoms. The van der Waals surface area contributed by atoms with Crippen molar-refractivity contribution in [1.29, 1.82) is 0 Å². The van der Waals surface area contributed by atoms with Crippen LogP contribution in [0.5, 0.6) is 0 Å². The zero-order valence-electron chi connectivity index (χ0n) is 8.74. The standard InChI is InChI=1S/C8H18NO2PS/c1-5-10-12(13)9(6-7-11-12)8(2,3)4/h5-7H2,1-4H3/t12-/m0/s1. The van der Waals surface area contributed by atoms with E-state index in [2.05, 4.69) is 25.4 Å². The van der Waals surface area contributed by atoms with E-state index in [1.165, 1.54) is 0 Å². The van der Waals surface area contributed by atoms with Crippen LogP contribution in [-0.2, 0) is 20.9 Å². The zero-order chi connectivity index (χ0) is 10.1. The molecule has 1 aliphatic heterocycles. The maximum absolute atomic E-state index is 5.56. The number of nitrogens with zero attached hydrogens (tertiary/aromatic N) is 1. The van der Waals surface area contributed by atoms with Crippen molar-refractivity contribution in [2.75, 3.05) is 19.8 Å². The van der Waals surface area contributed by atoms with Gasteiger partial charge in [-0.1, -0.05) is 0 Å². The molecular formula is C8H18NO2PS. The van der Waals surface area contributed by atoms with E-state index in [-0.39, 0.29) is 5.54 Å².